The second kappa shape index (κ2) is 10.7. The van der Waals surface area contributed by atoms with Crippen molar-refractivity contribution in [2.45, 2.75) is 46.6 Å². The molecule has 0 saturated heterocycles. The zero-order valence-electron chi connectivity index (χ0n) is 15.8. The fraction of sp³-hybridized carbons (Fsp3) is 0.455. The van der Waals surface area contributed by atoms with Crippen molar-refractivity contribution in [2.75, 3.05) is 18.5 Å². The molecule has 3 nitrogen and oxygen atoms in total. The summed E-state index contributed by atoms with van der Waals surface area (Å²) in [7, 11) is 0. The summed E-state index contributed by atoms with van der Waals surface area (Å²) in [5, 5.41) is 3.44. The average Bonchev–Trinajstić information content (AvgIpc) is 2.62. The van der Waals surface area contributed by atoms with Crippen molar-refractivity contribution in [2.24, 2.45) is 5.92 Å². The second-order valence-corrected chi connectivity index (χ2v) is 6.75. The molecular formula is C22H31NO2. The van der Waals surface area contributed by atoms with Crippen molar-refractivity contribution in [3.63, 3.8) is 0 Å². The molecule has 0 saturated carbocycles. The quantitative estimate of drug-likeness (QED) is 0.516. The van der Waals surface area contributed by atoms with Gasteiger partial charge in [-0.15, -0.1) is 0 Å². The summed E-state index contributed by atoms with van der Waals surface area (Å²) in [5.74, 6) is 2.55. The number of rotatable bonds is 11. The Morgan fingerprint density at radius 3 is 2.04 bits per heavy atom. The molecule has 2 aromatic rings. The van der Waals surface area contributed by atoms with E-state index in [1.165, 1.54) is 5.56 Å². The van der Waals surface area contributed by atoms with E-state index in [1.54, 1.807) is 0 Å². The Balaban J connectivity index is 1.75. The highest BCUT2D eigenvalue weighted by Crippen LogP contribution is 2.18. The predicted molar refractivity (Wildman–Crippen MR) is 106 cm³/mol. The SMILES string of the molecule is CCCCOc1ccc(CNc2ccc(OCCC(C)C)cc2)cc1. The molecule has 1 N–H and O–H groups in total. The van der Waals surface area contributed by atoms with Gasteiger partial charge in [0.1, 0.15) is 11.5 Å². The summed E-state index contributed by atoms with van der Waals surface area (Å²) in [6, 6.07) is 16.5. The highest BCUT2D eigenvalue weighted by Gasteiger charge is 1.99. The lowest BCUT2D eigenvalue weighted by molar-refractivity contribution is 0.289. The highest BCUT2D eigenvalue weighted by molar-refractivity contribution is 5.47. The van der Waals surface area contributed by atoms with Crippen molar-refractivity contribution in [1.82, 2.24) is 0 Å². The normalized spacial score (nSPS) is 10.7. The first kappa shape index (κ1) is 19.2. The van der Waals surface area contributed by atoms with Gasteiger partial charge < -0.3 is 14.8 Å². The minimum atomic E-state index is 0.671. The molecule has 2 aromatic carbocycles. The van der Waals surface area contributed by atoms with Crippen LogP contribution in [0.5, 0.6) is 11.5 Å². The molecule has 0 aliphatic carbocycles. The lowest BCUT2D eigenvalue weighted by Gasteiger charge is -2.11. The van der Waals surface area contributed by atoms with Crippen LogP contribution in [0.15, 0.2) is 48.5 Å². The first-order valence-corrected chi connectivity index (χ1v) is 9.36. The smallest absolute Gasteiger partial charge is 0.119 e. The Labute approximate surface area is 152 Å². The van der Waals surface area contributed by atoms with Crippen molar-refractivity contribution >= 4 is 5.69 Å². The van der Waals surface area contributed by atoms with Crippen LogP contribution in [0.4, 0.5) is 5.69 Å². The van der Waals surface area contributed by atoms with Gasteiger partial charge in [0.15, 0.2) is 0 Å². The molecule has 0 unspecified atom stereocenters. The maximum absolute atomic E-state index is 5.75. The van der Waals surface area contributed by atoms with E-state index in [1.807, 2.05) is 24.3 Å². The molecule has 3 heteroatoms. The van der Waals surface area contributed by atoms with Crippen LogP contribution in [0.3, 0.4) is 0 Å². The molecule has 0 spiro atoms. The predicted octanol–water partition coefficient (Wildman–Crippen LogP) is 5.90. The zero-order chi connectivity index (χ0) is 17.9. The number of anilines is 1. The minimum Gasteiger partial charge on any atom is -0.494 e. The third-order valence-electron chi connectivity index (χ3n) is 4.00. The average molecular weight is 341 g/mol. The van der Waals surface area contributed by atoms with E-state index in [0.717, 1.165) is 56.2 Å². The molecule has 0 heterocycles. The van der Waals surface area contributed by atoms with Crippen LogP contribution in [0, 0.1) is 5.92 Å². The first-order chi connectivity index (χ1) is 12.2. The first-order valence-electron chi connectivity index (χ1n) is 9.36. The van der Waals surface area contributed by atoms with Gasteiger partial charge in [0.25, 0.3) is 0 Å². The summed E-state index contributed by atoms with van der Waals surface area (Å²) in [6.45, 7) is 8.95. The van der Waals surface area contributed by atoms with E-state index >= 15 is 0 Å². The molecule has 0 aliphatic rings. The van der Waals surface area contributed by atoms with Gasteiger partial charge in [0.2, 0.25) is 0 Å². The number of ether oxygens (including phenoxy) is 2. The Hall–Kier alpha value is -2.16. The molecule has 0 fully saturated rings. The Kier molecular flexibility index (Phi) is 8.17. The fourth-order valence-electron chi connectivity index (χ4n) is 2.32. The van der Waals surface area contributed by atoms with E-state index in [2.05, 4.69) is 50.4 Å². The summed E-state index contributed by atoms with van der Waals surface area (Å²) in [4.78, 5) is 0. The third kappa shape index (κ3) is 7.51. The van der Waals surface area contributed by atoms with Crippen molar-refractivity contribution in [3.05, 3.63) is 54.1 Å². The fourth-order valence-corrected chi connectivity index (χ4v) is 2.32. The largest absolute Gasteiger partial charge is 0.494 e. The molecule has 0 bridgehead atoms. The summed E-state index contributed by atoms with van der Waals surface area (Å²) < 4.78 is 11.4. The monoisotopic (exact) mass is 341 g/mol. The third-order valence-corrected chi connectivity index (χ3v) is 4.00. The van der Waals surface area contributed by atoms with Gasteiger partial charge in [-0.1, -0.05) is 39.3 Å². The van der Waals surface area contributed by atoms with Crippen LogP contribution in [-0.4, -0.2) is 13.2 Å². The molecular weight excluding hydrogens is 310 g/mol. The second-order valence-electron chi connectivity index (χ2n) is 6.75. The zero-order valence-corrected chi connectivity index (χ0v) is 15.8. The number of hydrogen-bond donors (Lipinski definition) is 1. The lowest BCUT2D eigenvalue weighted by atomic mass is 10.1. The maximum atomic E-state index is 5.75. The van der Waals surface area contributed by atoms with Gasteiger partial charge in [-0.2, -0.15) is 0 Å². The molecule has 0 atom stereocenters. The van der Waals surface area contributed by atoms with Crippen LogP contribution in [0.2, 0.25) is 0 Å². The maximum Gasteiger partial charge on any atom is 0.119 e. The topological polar surface area (TPSA) is 30.5 Å². The molecule has 0 aliphatic heterocycles. The van der Waals surface area contributed by atoms with Crippen LogP contribution in [0.25, 0.3) is 0 Å². The summed E-state index contributed by atoms with van der Waals surface area (Å²) in [6.07, 6.45) is 3.34. The molecule has 0 aromatic heterocycles. The number of nitrogens with one attached hydrogen (secondary N) is 1. The number of hydrogen-bond acceptors (Lipinski definition) is 3. The standard InChI is InChI=1S/C22H31NO2/c1-4-5-15-24-21-10-6-19(7-11-21)17-23-20-8-12-22(13-9-20)25-16-14-18(2)3/h6-13,18,23H,4-5,14-17H2,1-3H3. The lowest BCUT2D eigenvalue weighted by Crippen LogP contribution is -2.02. The van der Waals surface area contributed by atoms with Crippen LogP contribution in [-0.2, 0) is 6.54 Å². The van der Waals surface area contributed by atoms with Gasteiger partial charge in [0, 0.05) is 12.2 Å². The Morgan fingerprint density at radius 2 is 1.44 bits per heavy atom. The number of benzene rings is 2. The van der Waals surface area contributed by atoms with E-state index < -0.39 is 0 Å². The molecule has 0 radical (unpaired) electrons. The van der Waals surface area contributed by atoms with Gasteiger partial charge >= 0.3 is 0 Å². The molecule has 136 valence electrons. The van der Waals surface area contributed by atoms with Gasteiger partial charge in [-0.3, -0.25) is 0 Å². The van der Waals surface area contributed by atoms with Crippen molar-refractivity contribution < 1.29 is 9.47 Å². The minimum absolute atomic E-state index is 0.671. The highest BCUT2D eigenvalue weighted by atomic mass is 16.5. The van der Waals surface area contributed by atoms with Gasteiger partial charge in [-0.05, 0) is 60.7 Å². The van der Waals surface area contributed by atoms with E-state index in [4.69, 9.17) is 9.47 Å². The van der Waals surface area contributed by atoms with Crippen LogP contribution < -0.4 is 14.8 Å². The van der Waals surface area contributed by atoms with Crippen LogP contribution in [0.1, 0.15) is 45.6 Å². The van der Waals surface area contributed by atoms with Crippen molar-refractivity contribution in [1.29, 1.82) is 0 Å². The number of unbranched alkanes of at least 4 members (excludes halogenated alkanes) is 1. The molecule has 0 amide bonds. The van der Waals surface area contributed by atoms with E-state index in [0.29, 0.717) is 5.92 Å². The van der Waals surface area contributed by atoms with Gasteiger partial charge in [0.05, 0.1) is 13.2 Å². The Bertz CT molecular complexity index is 590. The van der Waals surface area contributed by atoms with E-state index in [9.17, 15) is 0 Å². The van der Waals surface area contributed by atoms with Crippen LogP contribution >= 0.6 is 0 Å². The molecule has 25 heavy (non-hydrogen) atoms. The summed E-state index contributed by atoms with van der Waals surface area (Å²) >= 11 is 0. The summed E-state index contributed by atoms with van der Waals surface area (Å²) in [5.41, 5.74) is 2.33. The van der Waals surface area contributed by atoms with E-state index in [-0.39, 0.29) is 0 Å². The Morgan fingerprint density at radius 1 is 0.840 bits per heavy atom. The van der Waals surface area contributed by atoms with Gasteiger partial charge in [-0.25, -0.2) is 0 Å². The van der Waals surface area contributed by atoms with Crippen molar-refractivity contribution in [3.8, 4) is 11.5 Å². The molecule has 2 rings (SSSR count).